The number of benzene rings is 8. The number of hydrogen-bond donors (Lipinski definition) is 0. The van der Waals surface area contributed by atoms with Crippen LogP contribution < -0.4 is 0 Å². The van der Waals surface area contributed by atoms with E-state index in [2.05, 4.69) is 161 Å². The molecule has 4 heterocycles. The Morgan fingerprint density at radius 3 is 1.23 bits per heavy atom. The fourth-order valence-corrected chi connectivity index (χ4v) is 8.91. The highest BCUT2D eigenvalue weighted by Crippen LogP contribution is 2.42. The highest BCUT2D eigenvalue weighted by atomic mass is 15.2. The van der Waals surface area contributed by atoms with Gasteiger partial charge < -0.3 is 4.57 Å². The molecule has 0 saturated carbocycles. The molecule has 0 aliphatic rings. The molecule has 8 aromatic carbocycles. The van der Waals surface area contributed by atoms with Gasteiger partial charge in [0.1, 0.15) is 0 Å². The van der Waals surface area contributed by atoms with Gasteiger partial charge in [-0.1, -0.05) is 170 Å². The number of rotatable bonds is 7. The van der Waals surface area contributed by atoms with Crippen molar-refractivity contribution >= 4 is 43.6 Å². The first-order valence-corrected chi connectivity index (χ1v) is 20.8. The van der Waals surface area contributed by atoms with Crippen LogP contribution in [0.5, 0.6) is 0 Å². The Morgan fingerprint density at radius 1 is 0.258 bits per heavy atom. The molecule has 6 heteroatoms. The summed E-state index contributed by atoms with van der Waals surface area (Å²) in [4.78, 5) is 20.4. The lowest BCUT2D eigenvalue weighted by Crippen LogP contribution is -2.06. The molecule has 0 atom stereocenters. The van der Waals surface area contributed by atoms with Gasteiger partial charge in [-0.3, -0.25) is 4.57 Å². The van der Waals surface area contributed by atoms with E-state index in [-0.39, 0.29) is 0 Å². The molecule has 4 aromatic heterocycles. The van der Waals surface area contributed by atoms with Crippen molar-refractivity contribution in [2.45, 2.75) is 0 Å². The Labute approximate surface area is 357 Å². The summed E-state index contributed by atoms with van der Waals surface area (Å²) in [5.74, 6) is 1.83. The molecule has 0 spiro atoms. The number of hydrogen-bond acceptors (Lipinski definition) is 4. The molecule has 12 aromatic rings. The van der Waals surface area contributed by atoms with E-state index in [1.165, 1.54) is 21.9 Å². The Kier molecular flexibility index (Phi) is 8.38. The second-order valence-corrected chi connectivity index (χ2v) is 15.5. The Balaban J connectivity index is 0.986. The first-order chi connectivity index (χ1) is 30.7. The largest absolute Gasteiger partial charge is 0.309 e. The summed E-state index contributed by atoms with van der Waals surface area (Å²) < 4.78 is 4.58. The van der Waals surface area contributed by atoms with Gasteiger partial charge in [0.2, 0.25) is 5.95 Å². The van der Waals surface area contributed by atoms with Gasteiger partial charge >= 0.3 is 0 Å². The van der Waals surface area contributed by atoms with Gasteiger partial charge in [0.25, 0.3) is 0 Å². The Morgan fingerprint density at radius 2 is 0.677 bits per heavy atom. The van der Waals surface area contributed by atoms with E-state index in [1.54, 1.807) is 0 Å². The van der Waals surface area contributed by atoms with E-state index in [9.17, 15) is 0 Å². The normalized spacial score (nSPS) is 11.5. The minimum absolute atomic E-state index is 0.574. The van der Waals surface area contributed by atoms with Crippen molar-refractivity contribution in [2.24, 2.45) is 0 Å². The fourth-order valence-electron chi connectivity index (χ4n) is 8.91. The van der Waals surface area contributed by atoms with Crippen molar-refractivity contribution in [3.8, 4) is 68.1 Å². The van der Waals surface area contributed by atoms with Gasteiger partial charge in [0, 0.05) is 49.5 Å². The van der Waals surface area contributed by atoms with E-state index in [0.29, 0.717) is 17.6 Å². The molecule has 12 rings (SSSR count). The van der Waals surface area contributed by atoms with E-state index in [1.807, 2.05) is 66.7 Å². The van der Waals surface area contributed by atoms with Crippen LogP contribution in [-0.2, 0) is 0 Å². The maximum Gasteiger partial charge on any atom is 0.238 e. The van der Waals surface area contributed by atoms with Crippen LogP contribution in [0.15, 0.2) is 218 Å². The number of aromatic nitrogens is 6. The second kappa shape index (κ2) is 14.7. The lowest BCUT2D eigenvalue weighted by Gasteiger charge is -2.11. The zero-order chi connectivity index (χ0) is 41.0. The van der Waals surface area contributed by atoms with E-state index in [4.69, 9.17) is 19.9 Å². The SMILES string of the molecule is c1ccc(-c2ccc(-c3cccc(-c4ccc(-n5c6ccccc6c6c7c8ccccc8n(-c8nc(-c9ccccc9)nc(-c9ccccc9)n8)c7ccc65)cc4)n3)cc2)cc1. The van der Waals surface area contributed by atoms with Gasteiger partial charge in [0.05, 0.1) is 33.5 Å². The van der Waals surface area contributed by atoms with Crippen molar-refractivity contribution in [3.05, 3.63) is 218 Å². The summed E-state index contributed by atoms with van der Waals surface area (Å²) in [5, 5.41) is 4.66. The number of fused-ring (bicyclic) bond motifs is 7. The molecule has 0 N–H and O–H groups in total. The molecule has 0 aliphatic heterocycles. The van der Waals surface area contributed by atoms with Crippen LogP contribution >= 0.6 is 0 Å². The molecule has 0 aliphatic carbocycles. The Bertz CT molecular complexity index is 3540. The van der Waals surface area contributed by atoms with E-state index in [0.717, 1.165) is 72.2 Å². The molecular formula is C56H36N6. The molecule has 0 radical (unpaired) electrons. The summed E-state index contributed by atoms with van der Waals surface area (Å²) in [6.07, 6.45) is 0. The van der Waals surface area contributed by atoms with E-state index >= 15 is 0 Å². The van der Waals surface area contributed by atoms with Gasteiger partial charge in [-0.05, 0) is 59.7 Å². The minimum Gasteiger partial charge on any atom is -0.309 e. The lowest BCUT2D eigenvalue weighted by atomic mass is 10.0. The predicted molar refractivity (Wildman–Crippen MR) is 253 cm³/mol. The summed E-state index contributed by atoms with van der Waals surface area (Å²) in [5.41, 5.74) is 13.7. The maximum absolute atomic E-state index is 5.17. The van der Waals surface area contributed by atoms with Gasteiger partial charge in [0.15, 0.2) is 11.6 Å². The van der Waals surface area contributed by atoms with Gasteiger partial charge in [-0.25, -0.2) is 9.97 Å². The quantitative estimate of drug-likeness (QED) is 0.161. The monoisotopic (exact) mass is 792 g/mol. The zero-order valence-corrected chi connectivity index (χ0v) is 33.5. The van der Waals surface area contributed by atoms with Gasteiger partial charge in [-0.2, -0.15) is 9.97 Å². The van der Waals surface area contributed by atoms with Crippen molar-refractivity contribution in [1.29, 1.82) is 0 Å². The van der Waals surface area contributed by atoms with Crippen molar-refractivity contribution in [1.82, 2.24) is 29.1 Å². The lowest BCUT2D eigenvalue weighted by molar-refractivity contribution is 0.953. The molecule has 0 unspecified atom stereocenters. The number of nitrogens with zero attached hydrogens (tertiary/aromatic N) is 6. The van der Waals surface area contributed by atoms with Crippen LogP contribution in [0.3, 0.4) is 0 Å². The highest BCUT2D eigenvalue weighted by molar-refractivity contribution is 6.28. The van der Waals surface area contributed by atoms with Crippen LogP contribution in [0.2, 0.25) is 0 Å². The first kappa shape index (κ1) is 35.5. The molecule has 0 saturated heterocycles. The van der Waals surface area contributed by atoms with Crippen molar-refractivity contribution in [2.75, 3.05) is 0 Å². The fraction of sp³-hybridized carbons (Fsp3) is 0. The number of para-hydroxylation sites is 2. The molecule has 6 nitrogen and oxygen atoms in total. The average molecular weight is 793 g/mol. The first-order valence-electron chi connectivity index (χ1n) is 20.8. The Hall–Kier alpha value is -8.48. The van der Waals surface area contributed by atoms with Gasteiger partial charge in [-0.15, -0.1) is 0 Å². The van der Waals surface area contributed by atoms with E-state index < -0.39 is 0 Å². The molecule has 0 bridgehead atoms. The van der Waals surface area contributed by atoms with Crippen LogP contribution in [0.25, 0.3) is 112 Å². The molecule has 62 heavy (non-hydrogen) atoms. The summed E-state index contributed by atoms with van der Waals surface area (Å²) in [7, 11) is 0. The van der Waals surface area contributed by atoms with Crippen LogP contribution in [0, 0.1) is 0 Å². The van der Waals surface area contributed by atoms with Crippen LogP contribution in [0.4, 0.5) is 0 Å². The molecular weight excluding hydrogens is 757 g/mol. The third kappa shape index (κ3) is 5.96. The highest BCUT2D eigenvalue weighted by Gasteiger charge is 2.22. The van der Waals surface area contributed by atoms with Crippen LogP contribution in [0.1, 0.15) is 0 Å². The molecule has 290 valence electrons. The predicted octanol–water partition coefficient (Wildman–Crippen LogP) is 13.8. The third-order valence-corrected chi connectivity index (χ3v) is 11.8. The molecule has 0 amide bonds. The summed E-state index contributed by atoms with van der Waals surface area (Å²) in [6.45, 7) is 0. The summed E-state index contributed by atoms with van der Waals surface area (Å²) >= 11 is 0. The van der Waals surface area contributed by atoms with Crippen molar-refractivity contribution in [3.63, 3.8) is 0 Å². The maximum atomic E-state index is 5.17. The summed E-state index contributed by atoms with van der Waals surface area (Å²) in [6, 6.07) is 76.2. The smallest absolute Gasteiger partial charge is 0.238 e. The van der Waals surface area contributed by atoms with Crippen LogP contribution in [-0.4, -0.2) is 29.1 Å². The third-order valence-electron chi connectivity index (χ3n) is 11.8. The minimum atomic E-state index is 0.574. The number of pyridine rings is 1. The topological polar surface area (TPSA) is 61.4 Å². The molecule has 0 fully saturated rings. The second-order valence-electron chi connectivity index (χ2n) is 15.5. The average Bonchev–Trinajstić information content (AvgIpc) is 3.88. The van der Waals surface area contributed by atoms with Crippen molar-refractivity contribution < 1.29 is 0 Å². The standard InChI is InChI=1S/C56H36N6/c1-4-15-37(16-5-1)38-27-29-39(30-28-38)46-23-14-24-47(57-46)40-31-33-43(34-32-40)61-48-25-12-10-21-44(48)52-50(61)35-36-51-53(52)45-22-11-13-26-49(45)62(51)56-59-54(41-17-6-2-7-18-41)58-55(60-56)42-19-8-3-9-20-42/h1-36H. The zero-order valence-electron chi connectivity index (χ0n) is 33.5.